The van der Waals surface area contributed by atoms with Crippen LogP contribution >= 0.6 is 11.3 Å². The maximum atomic E-state index is 12.7. The van der Waals surface area contributed by atoms with Crippen LogP contribution in [0.1, 0.15) is 20.8 Å². The highest BCUT2D eigenvalue weighted by Crippen LogP contribution is 2.30. The SMILES string of the molecule is COc1ccc(C)cc1NC(=O)c1cc2cc3cc(C)ccc3nc2s1. The molecule has 2 heterocycles. The van der Waals surface area contributed by atoms with Crippen molar-refractivity contribution in [1.82, 2.24) is 4.98 Å². The van der Waals surface area contributed by atoms with Crippen LogP contribution in [0.2, 0.25) is 0 Å². The van der Waals surface area contributed by atoms with Gasteiger partial charge in [0, 0.05) is 10.8 Å². The number of nitrogens with zero attached hydrogens (tertiary/aromatic N) is 1. The minimum absolute atomic E-state index is 0.155. The number of thiophene rings is 1. The van der Waals surface area contributed by atoms with E-state index in [0.717, 1.165) is 26.7 Å². The van der Waals surface area contributed by atoms with Gasteiger partial charge in [-0.25, -0.2) is 4.98 Å². The zero-order valence-electron chi connectivity index (χ0n) is 14.8. The number of benzene rings is 2. The first-order valence-electron chi connectivity index (χ1n) is 8.30. The van der Waals surface area contributed by atoms with Crippen molar-refractivity contribution in [3.8, 4) is 5.75 Å². The molecule has 0 unspecified atom stereocenters. The fraction of sp³-hybridized carbons (Fsp3) is 0.143. The maximum Gasteiger partial charge on any atom is 0.265 e. The molecule has 0 bridgehead atoms. The van der Waals surface area contributed by atoms with E-state index in [1.165, 1.54) is 16.9 Å². The number of amides is 1. The van der Waals surface area contributed by atoms with E-state index >= 15 is 0 Å². The van der Waals surface area contributed by atoms with E-state index in [1.807, 2.05) is 43.3 Å². The lowest BCUT2D eigenvalue weighted by Gasteiger charge is -2.10. The van der Waals surface area contributed by atoms with E-state index in [-0.39, 0.29) is 5.91 Å². The van der Waals surface area contributed by atoms with E-state index in [2.05, 4.69) is 24.4 Å². The lowest BCUT2D eigenvalue weighted by Crippen LogP contribution is -2.11. The average Bonchev–Trinajstić information content (AvgIpc) is 3.03. The van der Waals surface area contributed by atoms with Gasteiger partial charge in [0.2, 0.25) is 0 Å². The second-order valence-electron chi connectivity index (χ2n) is 6.35. The van der Waals surface area contributed by atoms with Gasteiger partial charge in [0.05, 0.1) is 23.2 Å². The number of ether oxygens (including phenoxy) is 1. The van der Waals surface area contributed by atoms with Crippen LogP contribution in [0.3, 0.4) is 0 Å². The molecule has 2 aromatic carbocycles. The summed E-state index contributed by atoms with van der Waals surface area (Å²) in [5, 5.41) is 5.02. The number of nitrogens with one attached hydrogen (secondary N) is 1. The summed E-state index contributed by atoms with van der Waals surface area (Å²) in [6.45, 7) is 4.04. The van der Waals surface area contributed by atoms with E-state index in [4.69, 9.17) is 9.72 Å². The number of pyridine rings is 1. The maximum absolute atomic E-state index is 12.7. The second-order valence-corrected chi connectivity index (χ2v) is 7.38. The van der Waals surface area contributed by atoms with Crippen LogP contribution in [-0.4, -0.2) is 18.0 Å². The predicted molar refractivity (Wildman–Crippen MR) is 108 cm³/mol. The summed E-state index contributed by atoms with van der Waals surface area (Å²) >= 11 is 1.40. The zero-order valence-corrected chi connectivity index (χ0v) is 15.6. The molecule has 4 nitrogen and oxygen atoms in total. The third-order valence-corrected chi connectivity index (χ3v) is 5.33. The van der Waals surface area contributed by atoms with Gasteiger partial charge in [-0.15, -0.1) is 11.3 Å². The number of hydrogen-bond donors (Lipinski definition) is 1. The normalized spacial score (nSPS) is 11.0. The first-order valence-corrected chi connectivity index (χ1v) is 9.12. The first kappa shape index (κ1) is 16.5. The van der Waals surface area contributed by atoms with Crippen molar-refractivity contribution in [2.75, 3.05) is 12.4 Å². The molecular formula is C21H18N2O2S. The summed E-state index contributed by atoms with van der Waals surface area (Å²) in [6.07, 6.45) is 0. The Morgan fingerprint density at radius 1 is 1.00 bits per heavy atom. The summed E-state index contributed by atoms with van der Waals surface area (Å²) in [6, 6.07) is 15.9. The molecule has 2 aromatic heterocycles. The highest BCUT2D eigenvalue weighted by atomic mass is 32.1. The smallest absolute Gasteiger partial charge is 0.265 e. The Kier molecular flexibility index (Phi) is 4.09. The van der Waals surface area contributed by atoms with E-state index in [0.29, 0.717) is 16.3 Å². The molecule has 0 spiro atoms. The largest absolute Gasteiger partial charge is 0.495 e. The van der Waals surface area contributed by atoms with Gasteiger partial charge in [0.1, 0.15) is 10.6 Å². The van der Waals surface area contributed by atoms with Gasteiger partial charge in [0.25, 0.3) is 5.91 Å². The Balaban J connectivity index is 1.71. The van der Waals surface area contributed by atoms with Gasteiger partial charge in [-0.1, -0.05) is 17.7 Å². The van der Waals surface area contributed by atoms with Crippen LogP contribution < -0.4 is 10.1 Å². The third kappa shape index (κ3) is 3.02. The lowest BCUT2D eigenvalue weighted by molar-refractivity contribution is 0.103. The Bertz CT molecular complexity index is 1150. The summed E-state index contributed by atoms with van der Waals surface area (Å²) in [7, 11) is 1.59. The minimum Gasteiger partial charge on any atom is -0.495 e. The molecule has 0 aliphatic carbocycles. The van der Waals surface area contributed by atoms with Crippen LogP contribution in [-0.2, 0) is 0 Å². The van der Waals surface area contributed by atoms with Gasteiger partial charge in [0.15, 0.2) is 0 Å². The molecule has 0 saturated heterocycles. The third-order valence-electron chi connectivity index (χ3n) is 4.28. The Morgan fingerprint density at radius 3 is 2.58 bits per heavy atom. The molecule has 5 heteroatoms. The van der Waals surface area contributed by atoms with Crippen molar-refractivity contribution < 1.29 is 9.53 Å². The number of hydrogen-bond acceptors (Lipinski definition) is 4. The van der Waals surface area contributed by atoms with Gasteiger partial charge in [-0.3, -0.25) is 4.79 Å². The monoisotopic (exact) mass is 362 g/mol. The zero-order chi connectivity index (χ0) is 18.3. The number of aryl methyl sites for hydroxylation is 2. The van der Waals surface area contributed by atoms with Crippen molar-refractivity contribution in [2.24, 2.45) is 0 Å². The van der Waals surface area contributed by atoms with Crippen LogP contribution in [0.4, 0.5) is 5.69 Å². The van der Waals surface area contributed by atoms with Gasteiger partial charge < -0.3 is 10.1 Å². The summed E-state index contributed by atoms with van der Waals surface area (Å²) in [5.74, 6) is 0.488. The van der Waals surface area contributed by atoms with Gasteiger partial charge in [-0.2, -0.15) is 0 Å². The van der Waals surface area contributed by atoms with Crippen LogP contribution in [0.5, 0.6) is 5.75 Å². The Morgan fingerprint density at radius 2 is 1.77 bits per heavy atom. The van der Waals surface area contributed by atoms with Gasteiger partial charge in [-0.05, 0) is 55.8 Å². The molecular weight excluding hydrogens is 344 g/mol. The molecule has 1 amide bonds. The van der Waals surface area contributed by atoms with Crippen LogP contribution in [0.15, 0.2) is 48.5 Å². The predicted octanol–water partition coefficient (Wildman–Crippen LogP) is 5.33. The molecule has 0 radical (unpaired) electrons. The number of methoxy groups -OCH3 is 1. The van der Waals surface area contributed by atoms with Crippen molar-refractivity contribution in [3.63, 3.8) is 0 Å². The number of anilines is 1. The topological polar surface area (TPSA) is 51.2 Å². The molecule has 0 fully saturated rings. The molecule has 0 atom stereocenters. The number of fused-ring (bicyclic) bond motifs is 2. The van der Waals surface area contributed by atoms with Crippen molar-refractivity contribution >= 4 is 44.1 Å². The average molecular weight is 362 g/mol. The molecule has 4 aromatic rings. The Hall–Kier alpha value is -2.92. The fourth-order valence-electron chi connectivity index (χ4n) is 2.97. The van der Waals surface area contributed by atoms with E-state index < -0.39 is 0 Å². The molecule has 130 valence electrons. The quantitative estimate of drug-likeness (QED) is 0.536. The fourth-order valence-corrected chi connectivity index (χ4v) is 3.89. The van der Waals surface area contributed by atoms with Crippen molar-refractivity contribution in [1.29, 1.82) is 0 Å². The van der Waals surface area contributed by atoms with E-state index in [1.54, 1.807) is 7.11 Å². The second kappa shape index (κ2) is 6.42. The van der Waals surface area contributed by atoms with Crippen LogP contribution in [0, 0.1) is 13.8 Å². The summed E-state index contributed by atoms with van der Waals surface area (Å²) in [5.41, 5.74) is 3.86. The number of rotatable bonds is 3. The van der Waals surface area contributed by atoms with Crippen molar-refractivity contribution in [2.45, 2.75) is 13.8 Å². The molecule has 0 aliphatic heterocycles. The molecule has 1 N–H and O–H groups in total. The number of aromatic nitrogens is 1. The molecule has 26 heavy (non-hydrogen) atoms. The first-order chi connectivity index (χ1) is 12.5. The molecule has 0 saturated carbocycles. The highest BCUT2D eigenvalue weighted by Gasteiger charge is 2.14. The standard InChI is InChI=1S/C21H18N2O2S/c1-12-4-6-16-14(8-12)10-15-11-19(26-21(15)23-16)20(24)22-17-9-13(2)5-7-18(17)25-3/h4-11H,1-3H3,(H,22,24). The molecule has 4 rings (SSSR count). The number of carbonyl (C=O) groups excluding carboxylic acids is 1. The lowest BCUT2D eigenvalue weighted by atomic mass is 10.1. The highest BCUT2D eigenvalue weighted by molar-refractivity contribution is 7.20. The van der Waals surface area contributed by atoms with Gasteiger partial charge >= 0.3 is 0 Å². The summed E-state index contributed by atoms with van der Waals surface area (Å²) < 4.78 is 5.34. The number of carbonyl (C=O) groups is 1. The van der Waals surface area contributed by atoms with Crippen molar-refractivity contribution in [3.05, 3.63) is 64.5 Å². The minimum atomic E-state index is -0.155. The summed E-state index contributed by atoms with van der Waals surface area (Å²) in [4.78, 5) is 18.9. The Labute approximate surface area is 155 Å². The molecule has 0 aliphatic rings. The van der Waals surface area contributed by atoms with Crippen LogP contribution in [0.25, 0.3) is 21.1 Å². The van der Waals surface area contributed by atoms with E-state index in [9.17, 15) is 4.79 Å².